The molecule has 5 heteroatoms. The van der Waals surface area contributed by atoms with Crippen LogP contribution >= 0.6 is 11.3 Å². The van der Waals surface area contributed by atoms with Crippen molar-refractivity contribution >= 4 is 17.3 Å². The Morgan fingerprint density at radius 3 is 3.15 bits per heavy atom. The van der Waals surface area contributed by atoms with Gasteiger partial charge >= 0.3 is 0 Å². The topological polar surface area (TPSA) is 39.1 Å². The molecule has 0 bridgehead atoms. The highest BCUT2D eigenvalue weighted by atomic mass is 32.1. The van der Waals surface area contributed by atoms with Gasteiger partial charge in [-0.05, 0) is 49.1 Å². The number of hydrogen-bond acceptors (Lipinski definition) is 4. The average molecular weight is 293 g/mol. The third kappa shape index (κ3) is 4.35. The lowest BCUT2D eigenvalue weighted by atomic mass is 10.1. The van der Waals surface area contributed by atoms with Gasteiger partial charge in [-0.2, -0.15) is 11.3 Å². The smallest absolute Gasteiger partial charge is 0.203 e. The first-order chi connectivity index (χ1) is 9.81. The third-order valence-electron chi connectivity index (χ3n) is 3.21. The fourth-order valence-electron chi connectivity index (χ4n) is 2.17. The minimum absolute atomic E-state index is 0.404. The number of anilines is 1. The van der Waals surface area contributed by atoms with Gasteiger partial charge in [0.2, 0.25) is 5.95 Å². The number of aromatic nitrogens is 2. The monoisotopic (exact) mass is 293 g/mol. The lowest BCUT2D eigenvalue weighted by Crippen LogP contribution is -2.14. The fourth-order valence-corrected chi connectivity index (χ4v) is 2.85. The Labute approximate surface area is 124 Å². The molecule has 0 amide bonds. The van der Waals surface area contributed by atoms with Crippen LogP contribution in [0.1, 0.15) is 31.9 Å². The molecule has 0 aliphatic heterocycles. The molecule has 0 spiro atoms. The van der Waals surface area contributed by atoms with Crippen molar-refractivity contribution in [1.82, 2.24) is 9.55 Å². The largest absolute Gasteiger partial charge is 0.382 e. The Hall–Kier alpha value is -1.33. The van der Waals surface area contributed by atoms with Gasteiger partial charge in [0.05, 0.1) is 0 Å². The first-order valence-electron chi connectivity index (χ1n) is 7.16. The number of nitrogens with one attached hydrogen (secondary N) is 1. The zero-order valence-electron chi connectivity index (χ0n) is 12.2. The summed E-state index contributed by atoms with van der Waals surface area (Å²) in [7, 11) is 0. The summed E-state index contributed by atoms with van der Waals surface area (Å²) in [5.41, 5.74) is 1.39. The second-order valence-electron chi connectivity index (χ2n) is 4.82. The Morgan fingerprint density at radius 1 is 1.50 bits per heavy atom. The lowest BCUT2D eigenvalue weighted by molar-refractivity contribution is 0.147. The fraction of sp³-hybridized carbons (Fsp3) is 0.533. The van der Waals surface area contributed by atoms with E-state index < -0.39 is 0 Å². The molecule has 0 radical (unpaired) electrons. The van der Waals surface area contributed by atoms with Crippen molar-refractivity contribution in [2.24, 2.45) is 0 Å². The molecule has 0 aliphatic carbocycles. The second kappa shape index (κ2) is 8.07. The van der Waals surface area contributed by atoms with Gasteiger partial charge in [-0.1, -0.05) is 0 Å². The van der Waals surface area contributed by atoms with Gasteiger partial charge in [-0.3, -0.25) is 0 Å². The predicted octanol–water partition coefficient (Wildman–Crippen LogP) is 3.59. The molecule has 2 rings (SSSR count). The summed E-state index contributed by atoms with van der Waals surface area (Å²) >= 11 is 1.75. The first-order valence-corrected chi connectivity index (χ1v) is 8.11. The Bertz CT molecular complexity index is 481. The van der Waals surface area contributed by atoms with E-state index in [1.54, 1.807) is 11.3 Å². The number of ether oxygens (including phenoxy) is 1. The second-order valence-corrected chi connectivity index (χ2v) is 5.60. The van der Waals surface area contributed by atoms with Gasteiger partial charge in [0.1, 0.15) is 0 Å². The SMILES string of the molecule is CCOCCCNc1nccn1C(C)Cc1ccsc1. The number of imidazole rings is 1. The van der Waals surface area contributed by atoms with Crippen LogP contribution in [0.25, 0.3) is 0 Å². The molecule has 110 valence electrons. The summed E-state index contributed by atoms with van der Waals surface area (Å²) in [5.74, 6) is 0.948. The van der Waals surface area contributed by atoms with Crippen molar-refractivity contribution in [3.8, 4) is 0 Å². The molecule has 4 nitrogen and oxygen atoms in total. The molecule has 0 saturated heterocycles. The summed E-state index contributed by atoms with van der Waals surface area (Å²) in [6.45, 7) is 6.72. The van der Waals surface area contributed by atoms with E-state index in [4.69, 9.17) is 4.74 Å². The number of nitrogens with zero attached hydrogens (tertiary/aromatic N) is 2. The number of rotatable bonds is 9. The molecule has 0 fully saturated rings. The van der Waals surface area contributed by atoms with E-state index in [-0.39, 0.29) is 0 Å². The van der Waals surface area contributed by atoms with E-state index in [0.29, 0.717) is 6.04 Å². The van der Waals surface area contributed by atoms with Gasteiger partial charge in [0, 0.05) is 38.2 Å². The van der Waals surface area contributed by atoms with Gasteiger partial charge in [-0.25, -0.2) is 4.98 Å². The van der Waals surface area contributed by atoms with E-state index in [1.165, 1.54) is 5.56 Å². The molecular formula is C15H23N3OS. The van der Waals surface area contributed by atoms with Crippen molar-refractivity contribution in [2.75, 3.05) is 25.1 Å². The third-order valence-corrected chi connectivity index (χ3v) is 3.94. The van der Waals surface area contributed by atoms with Crippen LogP contribution in [0, 0.1) is 0 Å². The zero-order chi connectivity index (χ0) is 14.2. The summed E-state index contributed by atoms with van der Waals surface area (Å²) in [6, 6.07) is 2.59. The van der Waals surface area contributed by atoms with Crippen molar-refractivity contribution in [3.63, 3.8) is 0 Å². The molecule has 0 aromatic carbocycles. The van der Waals surface area contributed by atoms with Crippen molar-refractivity contribution in [1.29, 1.82) is 0 Å². The maximum Gasteiger partial charge on any atom is 0.203 e. The normalized spacial score (nSPS) is 12.5. The first kappa shape index (κ1) is 15.1. The van der Waals surface area contributed by atoms with Crippen molar-refractivity contribution in [3.05, 3.63) is 34.8 Å². The van der Waals surface area contributed by atoms with Crippen LogP contribution in [0.5, 0.6) is 0 Å². The van der Waals surface area contributed by atoms with E-state index in [9.17, 15) is 0 Å². The highest BCUT2D eigenvalue weighted by molar-refractivity contribution is 7.07. The maximum absolute atomic E-state index is 5.33. The average Bonchev–Trinajstić information content (AvgIpc) is 3.09. The van der Waals surface area contributed by atoms with Crippen LogP contribution in [0.3, 0.4) is 0 Å². The van der Waals surface area contributed by atoms with Crippen LogP contribution < -0.4 is 5.32 Å². The Morgan fingerprint density at radius 2 is 2.40 bits per heavy atom. The highest BCUT2D eigenvalue weighted by Gasteiger charge is 2.10. The van der Waals surface area contributed by atoms with Crippen LogP contribution in [0.2, 0.25) is 0 Å². The zero-order valence-corrected chi connectivity index (χ0v) is 13.0. The molecule has 0 aliphatic rings. The standard InChI is InChI=1S/C15H23N3OS/c1-3-19-9-4-6-16-15-17-7-8-18(15)13(2)11-14-5-10-20-12-14/h5,7-8,10,12-13H,3-4,6,9,11H2,1-2H3,(H,16,17). The van der Waals surface area contributed by atoms with Crippen LogP contribution in [-0.2, 0) is 11.2 Å². The summed E-state index contributed by atoms with van der Waals surface area (Å²) in [4.78, 5) is 4.40. The van der Waals surface area contributed by atoms with Crippen molar-refractivity contribution in [2.45, 2.75) is 32.7 Å². The van der Waals surface area contributed by atoms with Crippen LogP contribution in [-0.4, -0.2) is 29.3 Å². The van der Waals surface area contributed by atoms with Gasteiger partial charge in [0.25, 0.3) is 0 Å². The van der Waals surface area contributed by atoms with Gasteiger partial charge in [-0.15, -0.1) is 0 Å². The summed E-state index contributed by atoms with van der Waals surface area (Å²) in [5, 5.41) is 7.73. The molecular weight excluding hydrogens is 270 g/mol. The number of thiophene rings is 1. The highest BCUT2D eigenvalue weighted by Crippen LogP contribution is 2.19. The van der Waals surface area contributed by atoms with Gasteiger partial charge in [0.15, 0.2) is 0 Å². The summed E-state index contributed by atoms with van der Waals surface area (Å²) < 4.78 is 7.54. The van der Waals surface area contributed by atoms with Gasteiger partial charge < -0.3 is 14.6 Å². The van der Waals surface area contributed by atoms with E-state index >= 15 is 0 Å². The van der Waals surface area contributed by atoms with Crippen LogP contribution in [0.4, 0.5) is 5.95 Å². The molecule has 1 N–H and O–H groups in total. The summed E-state index contributed by atoms with van der Waals surface area (Å²) in [6.07, 6.45) is 5.93. The molecule has 20 heavy (non-hydrogen) atoms. The van der Waals surface area contributed by atoms with Crippen LogP contribution in [0.15, 0.2) is 29.2 Å². The molecule has 1 unspecified atom stereocenters. The molecule has 2 aromatic rings. The van der Waals surface area contributed by atoms with E-state index in [0.717, 1.165) is 38.5 Å². The predicted molar refractivity (Wildman–Crippen MR) is 84.6 cm³/mol. The lowest BCUT2D eigenvalue weighted by Gasteiger charge is -2.16. The van der Waals surface area contributed by atoms with Crippen molar-refractivity contribution < 1.29 is 4.74 Å². The quantitative estimate of drug-likeness (QED) is 0.718. The minimum Gasteiger partial charge on any atom is -0.382 e. The minimum atomic E-state index is 0.404. The molecule has 0 saturated carbocycles. The van der Waals surface area contributed by atoms with E-state index in [1.807, 2.05) is 19.3 Å². The molecule has 1 atom stereocenters. The molecule has 2 aromatic heterocycles. The number of hydrogen-bond donors (Lipinski definition) is 1. The maximum atomic E-state index is 5.33. The Kier molecular flexibility index (Phi) is 6.08. The van der Waals surface area contributed by atoms with E-state index in [2.05, 4.69) is 38.6 Å². The molecule has 2 heterocycles. The Balaban J connectivity index is 1.84.